The van der Waals surface area contributed by atoms with Crippen LogP contribution in [0.5, 0.6) is 5.75 Å². The van der Waals surface area contributed by atoms with Crippen molar-refractivity contribution in [2.75, 3.05) is 20.2 Å². The Labute approximate surface area is 177 Å². The van der Waals surface area contributed by atoms with Crippen LogP contribution < -0.4 is 10.1 Å². The number of rotatable bonds is 7. The van der Waals surface area contributed by atoms with Crippen LogP contribution in [0.3, 0.4) is 0 Å². The topological polar surface area (TPSA) is 75.7 Å². The number of nitrogens with zero attached hydrogens (tertiary/aromatic N) is 1. The van der Waals surface area contributed by atoms with Crippen molar-refractivity contribution >= 4 is 15.9 Å². The van der Waals surface area contributed by atoms with Gasteiger partial charge in [0.2, 0.25) is 15.9 Å². The number of nitrogens with one attached hydrogen (secondary N) is 1. The summed E-state index contributed by atoms with van der Waals surface area (Å²) < 4.78 is 45.6. The van der Waals surface area contributed by atoms with E-state index in [0.29, 0.717) is 12.8 Å². The van der Waals surface area contributed by atoms with Crippen LogP contribution in [0.15, 0.2) is 48.5 Å². The quantitative estimate of drug-likeness (QED) is 0.726. The third-order valence-electron chi connectivity index (χ3n) is 5.49. The van der Waals surface area contributed by atoms with E-state index in [0.717, 1.165) is 11.3 Å². The van der Waals surface area contributed by atoms with Gasteiger partial charge in [0.1, 0.15) is 11.6 Å². The third kappa shape index (κ3) is 5.37. The van der Waals surface area contributed by atoms with Gasteiger partial charge in [-0.3, -0.25) is 4.79 Å². The maximum atomic E-state index is 13.8. The highest BCUT2D eigenvalue weighted by atomic mass is 32.2. The van der Waals surface area contributed by atoms with Crippen LogP contribution in [0.2, 0.25) is 0 Å². The Kier molecular flexibility index (Phi) is 7.10. The van der Waals surface area contributed by atoms with Crippen molar-refractivity contribution in [3.05, 3.63) is 65.5 Å². The predicted octanol–water partition coefficient (Wildman–Crippen LogP) is 3.25. The summed E-state index contributed by atoms with van der Waals surface area (Å²) in [5.74, 6) is -0.468. The second kappa shape index (κ2) is 9.57. The van der Waals surface area contributed by atoms with Crippen LogP contribution in [0.4, 0.5) is 4.39 Å². The number of amides is 1. The van der Waals surface area contributed by atoms with E-state index in [9.17, 15) is 17.6 Å². The van der Waals surface area contributed by atoms with E-state index in [4.69, 9.17) is 4.74 Å². The molecule has 0 saturated carbocycles. The molecule has 0 radical (unpaired) electrons. The number of piperidine rings is 1. The predicted molar refractivity (Wildman–Crippen MR) is 113 cm³/mol. The number of sulfonamides is 1. The Morgan fingerprint density at radius 3 is 2.40 bits per heavy atom. The minimum Gasteiger partial charge on any atom is -0.497 e. The molecule has 1 N–H and O–H groups in total. The fourth-order valence-electron chi connectivity index (χ4n) is 3.61. The molecule has 8 heteroatoms. The second-order valence-corrected chi connectivity index (χ2v) is 9.49. The summed E-state index contributed by atoms with van der Waals surface area (Å²) >= 11 is 0. The normalized spacial score (nSPS) is 16.8. The minimum atomic E-state index is -3.63. The van der Waals surface area contributed by atoms with E-state index < -0.39 is 15.8 Å². The summed E-state index contributed by atoms with van der Waals surface area (Å²) in [5.41, 5.74) is 1.12. The molecule has 0 aliphatic carbocycles. The van der Waals surface area contributed by atoms with Crippen molar-refractivity contribution in [3.63, 3.8) is 0 Å². The number of hydrogen-bond acceptors (Lipinski definition) is 4. The largest absolute Gasteiger partial charge is 0.497 e. The molecule has 1 fully saturated rings. The van der Waals surface area contributed by atoms with Gasteiger partial charge in [-0.25, -0.2) is 17.1 Å². The molecule has 2 aromatic rings. The number of hydrogen-bond donors (Lipinski definition) is 1. The number of carbonyl (C=O) groups is 1. The first-order valence-corrected chi connectivity index (χ1v) is 11.6. The van der Waals surface area contributed by atoms with E-state index in [-0.39, 0.29) is 42.3 Å². The van der Waals surface area contributed by atoms with Gasteiger partial charge in [0.15, 0.2) is 0 Å². The zero-order valence-electron chi connectivity index (χ0n) is 17.2. The van der Waals surface area contributed by atoms with Gasteiger partial charge in [0, 0.05) is 24.6 Å². The van der Waals surface area contributed by atoms with Crippen LogP contribution in [0.1, 0.15) is 36.9 Å². The Morgan fingerprint density at radius 2 is 1.80 bits per heavy atom. The highest BCUT2D eigenvalue weighted by molar-refractivity contribution is 7.88. The van der Waals surface area contributed by atoms with E-state index in [1.807, 2.05) is 31.2 Å². The van der Waals surface area contributed by atoms with E-state index >= 15 is 0 Å². The Balaban J connectivity index is 1.54. The monoisotopic (exact) mass is 434 g/mol. The molecule has 3 rings (SSSR count). The lowest BCUT2D eigenvalue weighted by molar-refractivity contribution is -0.126. The Morgan fingerprint density at radius 1 is 1.17 bits per heavy atom. The van der Waals surface area contributed by atoms with Gasteiger partial charge in [-0.1, -0.05) is 30.3 Å². The van der Waals surface area contributed by atoms with Crippen molar-refractivity contribution in [1.29, 1.82) is 0 Å². The molecular weight excluding hydrogens is 407 g/mol. The third-order valence-corrected chi connectivity index (χ3v) is 7.32. The molecule has 162 valence electrons. The standard InChI is InChI=1S/C22H27FN2O4S/c1-16(17-7-9-20(29-2)10-8-17)24-22(26)18-11-13-25(14-12-18)30(27,28)15-19-5-3-4-6-21(19)23/h3-10,16,18H,11-15H2,1-2H3,(H,24,26)/t16-/m0/s1. The molecule has 0 aromatic heterocycles. The number of methoxy groups -OCH3 is 1. The molecule has 1 aliphatic heterocycles. The summed E-state index contributed by atoms with van der Waals surface area (Å²) in [6.07, 6.45) is 0.884. The van der Waals surface area contributed by atoms with Crippen molar-refractivity contribution in [1.82, 2.24) is 9.62 Å². The van der Waals surface area contributed by atoms with Gasteiger partial charge in [-0.2, -0.15) is 0 Å². The smallest absolute Gasteiger partial charge is 0.223 e. The summed E-state index contributed by atoms with van der Waals surface area (Å²) in [4.78, 5) is 12.6. The van der Waals surface area contributed by atoms with E-state index in [2.05, 4.69) is 5.32 Å². The number of benzene rings is 2. The molecule has 6 nitrogen and oxygen atoms in total. The summed E-state index contributed by atoms with van der Waals surface area (Å²) in [6, 6.07) is 13.2. The van der Waals surface area contributed by atoms with Crippen LogP contribution in [0.25, 0.3) is 0 Å². The summed E-state index contributed by atoms with van der Waals surface area (Å²) in [7, 11) is -2.03. The lowest BCUT2D eigenvalue weighted by atomic mass is 9.96. The van der Waals surface area contributed by atoms with E-state index in [1.165, 1.54) is 22.5 Å². The SMILES string of the molecule is COc1ccc([C@H](C)NC(=O)C2CCN(S(=O)(=O)Cc3ccccc3F)CC2)cc1. The number of ether oxygens (including phenoxy) is 1. The molecule has 1 amide bonds. The fourth-order valence-corrected chi connectivity index (χ4v) is 5.18. The Hall–Kier alpha value is -2.45. The maximum absolute atomic E-state index is 13.8. The van der Waals surface area contributed by atoms with Crippen LogP contribution in [0, 0.1) is 11.7 Å². The van der Waals surface area contributed by atoms with Crippen molar-refractivity contribution in [3.8, 4) is 5.75 Å². The molecule has 0 unspecified atom stereocenters. The first-order valence-electron chi connectivity index (χ1n) is 9.95. The molecule has 1 saturated heterocycles. The van der Waals surface area contributed by atoms with Crippen LogP contribution in [-0.4, -0.2) is 38.8 Å². The van der Waals surface area contributed by atoms with Gasteiger partial charge < -0.3 is 10.1 Å². The van der Waals surface area contributed by atoms with Crippen molar-refractivity contribution in [2.45, 2.75) is 31.6 Å². The highest BCUT2D eigenvalue weighted by Gasteiger charge is 2.32. The van der Waals surface area contributed by atoms with Gasteiger partial charge in [0.05, 0.1) is 18.9 Å². The summed E-state index contributed by atoms with van der Waals surface area (Å²) in [6.45, 7) is 2.42. The molecular formula is C22H27FN2O4S. The lowest BCUT2D eigenvalue weighted by Crippen LogP contribution is -2.43. The van der Waals surface area contributed by atoms with Gasteiger partial charge >= 0.3 is 0 Å². The van der Waals surface area contributed by atoms with Crippen LogP contribution in [-0.2, 0) is 20.6 Å². The fraction of sp³-hybridized carbons (Fsp3) is 0.409. The highest BCUT2D eigenvalue weighted by Crippen LogP contribution is 2.24. The second-order valence-electron chi connectivity index (χ2n) is 7.52. The molecule has 1 atom stereocenters. The maximum Gasteiger partial charge on any atom is 0.223 e. The van der Waals surface area contributed by atoms with Crippen molar-refractivity contribution in [2.24, 2.45) is 5.92 Å². The average Bonchev–Trinajstić information content (AvgIpc) is 2.75. The van der Waals surface area contributed by atoms with Crippen LogP contribution >= 0.6 is 0 Å². The number of carbonyl (C=O) groups excluding carboxylic acids is 1. The van der Waals surface area contributed by atoms with Gasteiger partial charge in [0.25, 0.3) is 0 Å². The minimum absolute atomic E-state index is 0.0792. The molecule has 2 aromatic carbocycles. The summed E-state index contributed by atoms with van der Waals surface area (Å²) in [5, 5.41) is 3.01. The molecule has 1 heterocycles. The lowest BCUT2D eigenvalue weighted by Gasteiger charge is -2.31. The average molecular weight is 435 g/mol. The van der Waals surface area contributed by atoms with Gasteiger partial charge in [-0.05, 0) is 43.5 Å². The van der Waals surface area contributed by atoms with Gasteiger partial charge in [-0.15, -0.1) is 0 Å². The van der Waals surface area contributed by atoms with Crippen molar-refractivity contribution < 1.29 is 22.3 Å². The zero-order chi connectivity index (χ0) is 21.7. The molecule has 30 heavy (non-hydrogen) atoms. The molecule has 0 bridgehead atoms. The zero-order valence-corrected chi connectivity index (χ0v) is 18.0. The first kappa shape index (κ1) is 22.2. The Bertz CT molecular complexity index is 971. The van der Waals surface area contributed by atoms with E-state index in [1.54, 1.807) is 13.2 Å². The first-order chi connectivity index (χ1) is 14.3. The number of halogens is 1. The molecule has 0 spiro atoms. The molecule has 1 aliphatic rings.